The van der Waals surface area contributed by atoms with Gasteiger partial charge in [0.1, 0.15) is 0 Å². The fourth-order valence-corrected chi connectivity index (χ4v) is 3.02. The summed E-state index contributed by atoms with van der Waals surface area (Å²) in [6, 6.07) is 6.10. The number of hydrogen-bond donors (Lipinski definition) is 1. The molecule has 8 heteroatoms. The Bertz CT molecular complexity index is 841. The largest absolute Gasteiger partial charge is 0.379 e. The fourth-order valence-electron chi connectivity index (χ4n) is 3.02. The molecule has 1 saturated heterocycles. The van der Waals surface area contributed by atoms with Gasteiger partial charge in [-0.2, -0.15) is 4.52 Å². The van der Waals surface area contributed by atoms with Crippen molar-refractivity contribution in [2.45, 2.75) is 13.3 Å². The van der Waals surface area contributed by atoms with Gasteiger partial charge in [0.05, 0.1) is 24.2 Å². The summed E-state index contributed by atoms with van der Waals surface area (Å²) < 4.78 is 7.12. The molecule has 0 bridgehead atoms. The van der Waals surface area contributed by atoms with Crippen LogP contribution < -0.4 is 5.32 Å². The molecule has 8 nitrogen and oxygen atoms in total. The van der Waals surface area contributed by atoms with Crippen LogP contribution in [0.3, 0.4) is 0 Å². The van der Waals surface area contributed by atoms with E-state index < -0.39 is 0 Å². The number of hydrogen-bond acceptors (Lipinski definition) is 7. The van der Waals surface area contributed by atoms with Gasteiger partial charge in [0, 0.05) is 19.6 Å². The topological polar surface area (TPSA) is 80.5 Å². The van der Waals surface area contributed by atoms with E-state index in [1.54, 1.807) is 4.52 Å². The molecule has 126 valence electrons. The number of ether oxygens (including phenoxy) is 1. The minimum Gasteiger partial charge on any atom is -0.379 e. The average molecular weight is 327 g/mol. The van der Waals surface area contributed by atoms with Crippen LogP contribution in [0.5, 0.6) is 0 Å². The van der Waals surface area contributed by atoms with Gasteiger partial charge in [0.25, 0.3) is 0 Å². The van der Waals surface area contributed by atoms with Crippen molar-refractivity contribution in [3.63, 3.8) is 0 Å². The number of morpholine rings is 1. The second-order valence-electron chi connectivity index (χ2n) is 6.10. The number of benzene rings is 1. The van der Waals surface area contributed by atoms with Crippen LogP contribution in [0.1, 0.15) is 12.0 Å². The molecule has 3 aromatic rings. The molecular formula is C16H21N7O. The molecule has 1 N–H and O–H groups in total. The van der Waals surface area contributed by atoms with E-state index >= 15 is 0 Å². The Kier molecular flexibility index (Phi) is 4.22. The minimum absolute atomic E-state index is 0.666. The van der Waals surface area contributed by atoms with Gasteiger partial charge in [-0.25, -0.2) is 4.98 Å². The number of nitrogens with one attached hydrogen (secondary N) is 1. The number of anilines is 1. The molecule has 3 heterocycles. The van der Waals surface area contributed by atoms with Crippen LogP contribution in [0, 0.1) is 6.92 Å². The van der Waals surface area contributed by atoms with Gasteiger partial charge in [0.2, 0.25) is 5.65 Å². The van der Waals surface area contributed by atoms with Crippen LogP contribution in [0.25, 0.3) is 16.7 Å². The highest BCUT2D eigenvalue weighted by molar-refractivity contribution is 5.82. The molecule has 1 aliphatic heterocycles. The number of rotatable bonds is 5. The number of tetrazole rings is 1. The van der Waals surface area contributed by atoms with E-state index in [-0.39, 0.29) is 0 Å². The molecule has 1 fully saturated rings. The van der Waals surface area contributed by atoms with E-state index in [1.807, 2.05) is 25.1 Å². The molecule has 2 aromatic heterocycles. The summed E-state index contributed by atoms with van der Waals surface area (Å²) in [5, 5.41) is 15.4. The summed E-state index contributed by atoms with van der Waals surface area (Å²) in [4.78, 5) is 7.12. The zero-order valence-corrected chi connectivity index (χ0v) is 13.8. The Morgan fingerprint density at radius 2 is 2.12 bits per heavy atom. The molecule has 0 amide bonds. The van der Waals surface area contributed by atoms with Crippen molar-refractivity contribution >= 4 is 22.5 Å². The van der Waals surface area contributed by atoms with Gasteiger partial charge in [0.15, 0.2) is 5.82 Å². The molecule has 0 atom stereocenters. The lowest BCUT2D eigenvalue weighted by Gasteiger charge is -2.26. The number of aromatic nitrogens is 5. The predicted molar refractivity (Wildman–Crippen MR) is 91.2 cm³/mol. The van der Waals surface area contributed by atoms with Crippen LogP contribution in [0.2, 0.25) is 0 Å². The maximum Gasteiger partial charge on any atom is 0.222 e. The van der Waals surface area contributed by atoms with Crippen molar-refractivity contribution < 1.29 is 4.74 Å². The molecule has 0 unspecified atom stereocenters. The summed E-state index contributed by atoms with van der Waals surface area (Å²) >= 11 is 0. The van der Waals surface area contributed by atoms with Gasteiger partial charge in [-0.3, -0.25) is 4.90 Å². The summed E-state index contributed by atoms with van der Waals surface area (Å²) in [5.41, 5.74) is 3.64. The van der Waals surface area contributed by atoms with Gasteiger partial charge >= 0.3 is 0 Å². The molecular weight excluding hydrogens is 306 g/mol. The van der Waals surface area contributed by atoms with E-state index in [9.17, 15) is 0 Å². The van der Waals surface area contributed by atoms with E-state index in [1.165, 1.54) is 0 Å². The Hall–Kier alpha value is -2.32. The molecule has 24 heavy (non-hydrogen) atoms. The number of fused-ring (bicyclic) bond motifs is 3. The second kappa shape index (κ2) is 6.66. The van der Waals surface area contributed by atoms with Crippen molar-refractivity contribution in [2.24, 2.45) is 0 Å². The van der Waals surface area contributed by atoms with Crippen molar-refractivity contribution in [3.05, 3.63) is 23.8 Å². The first-order chi connectivity index (χ1) is 11.8. The minimum atomic E-state index is 0.666. The highest BCUT2D eigenvalue weighted by Gasteiger charge is 2.12. The first-order valence-corrected chi connectivity index (χ1v) is 8.34. The zero-order chi connectivity index (χ0) is 16.4. The Morgan fingerprint density at radius 3 is 3.00 bits per heavy atom. The van der Waals surface area contributed by atoms with Gasteiger partial charge in [-0.1, -0.05) is 6.07 Å². The molecule has 1 aromatic carbocycles. The van der Waals surface area contributed by atoms with Gasteiger partial charge < -0.3 is 10.1 Å². The quantitative estimate of drug-likeness (QED) is 0.703. The lowest BCUT2D eigenvalue weighted by molar-refractivity contribution is 0.0378. The first kappa shape index (κ1) is 15.2. The van der Waals surface area contributed by atoms with Crippen molar-refractivity contribution in [2.75, 3.05) is 44.7 Å². The Morgan fingerprint density at radius 1 is 1.25 bits per heavy atom. The van der Waals surface area contributed by atoms with E-state index in [0.717, 1.165) is 68.2 Å². The van der Waals surface area contributed by atoms with E-state index in [4.69, 9.17) is 9.72 Å². The maximum atomic E-state index is 5.37. The molecule has 1 aliphatic rings. The SMILES string of the molecule is Cc1ccc2nc(NCCCN3CCOCC3)c3nnnn3c2c1. The summed E-state index contributed by atoms with van der Waals surface area (Å²) in [6.07, 6.45) is 1.04. The Balaban J connectivity index is 1.48. The first-order valence-electron chi connectivity index (χ1n) is 8.34. The Labute approximate surface area is 139 Å². The van der Waals surface area contributed by atoms with E-state index in [2.05, 4.69) is 25.7 Å². The standard InChI is InChI=1S/C16H21N7O/c1-12-3-4-13-14(11-12)23-16(19-20-21-23)15(18-13)17-5-2-6-22-7-9-24-10-8-22/h3-4,11H,2,5-10H2,1H3,(H,17,18). The third-order valence-corrected chi connectivity index (χ3v) is 4.32. The molecule has 0 radical (unpaired) electrons. The second-order valence-corrected chi connectivity index (χ2v) is 6.10. The summed E-state index contributed by atoms with van der Waals surface area (Å²) in [7, 11) is 0. The third kappa shape index (κ3) is 3.02. The lowest BCUT2D eigenvalue weighted by atomic mass is 10.2. The van der Waals surface area contributed by atoms with E-state index in [0.29, 0.717) is 5.65 Å². The maximum absolute atomic E-state index is 5.37. The molecule has 0 spiro atoms. The fraction of sp³-hybridized carbons (Fsp3) is 0.500. The van der Waals surface area contributed by atoms with Gasteiger partial charge in [-0.05, 0) is 48.0 Å². The molecule has 0 aliphatic carbocycles. The number of nitrogens with zero attached hydrogens (tertiary/aromatic N) is 6. The van der Waals surface area contributed by atoms with Crippen LogP contribution in [0.4, 0.5) is 5.82 Å². The van der Waals surface area contributed by atoms with Crippen molar-refractivity contribution in [1.82, 2.24) is 29.9 Å². The third-order valence-electron chi connectivity index (χ3n) is 4.32. The van der Waals surface area contributed by atoms with Gasteiger partial charge in [-0.15, -0.1) is 5.10 Å². The van der Waals surface area contributed by atoms with Crippen molar-refractivity contribution in [1.29, 1.82) is 0 Å². The van der Waals surface area contributed by atoms with Crippen LogP contribution in [-0.4, -0.2) is 69.3 Å². The molecule has 4 rings (SSSR count). The molecule has 0 saturated carbocycles. The number of aryl methyl sites for hydroxylation is 1. The lowest BCUT2D eigenvalue weighted by Crippen LogP contribution is -2.37. The van der Waals surface area contributed by atoms with Crippen LogP contribution in [0.15, 0.2) is 18.2 Å². The average Bonchev–Trinajstić information content (AvgIpc) is 3.10. The summed E-state index contributed by atoms with van der Waals surface area (Å²) in [5.74, 6) is 0.735. The van der Waals surface area contributed by atoms with Crippen LogP contribution in [-0.2, 0) is 4.74 Å². The highest BCUT2D eigenvalue weighted by atomic mass is 16.5. The predicted octanol–water partition coefficient (Wildman–Crippen LogP) is 1.12. The normalized spacial score (nSPS) is 16.0. The van der Waals surface area contributed by atoms with Crippen LogP contribution >= 0.6 is 0 Å². The summed E-state index contributed by atoms with van der Waals surface area (Å²) in [6.45, 7) is 7.66. The van der Waals surface area contributed by atoms with Crippen molar-refractivity contribution in [3.8, 4) is 0 Å². The zero-order valence-electron chi connectivity index (χ0n) is 13.8. The monoisotopic (exact) mass is 327 g/mol. The highest BCUT2D eigenvalue weighted by Crippen LogP contribution is 2.20. The smallest absolute Gasteiger partial charge is 0.222 e.